The molecule has 0 bridgehead atoms. The highest BCUT2D eigenvalue weighted by Gasteiger charge is 2.23. The molecule has 5 heteroatoms. The fourth-order valence-electron chi connectivity index (χ4n) is 2.66. The highest BCUT2D eigenvalue weighted by atomic mass is 16.5. The number of urea groups is 1. The highest BCUT2D eigenvalue weighted by Crippen LogP contribution is 2.27. The number of carbonyl (C=O) groups excluding carboxylic acids is 1. The van der Waals surface area contributed by atoms with Gasteiger partial charge in [0.05, 0.1) is 13.7 Å². The zero-order valence-corrected chi connectivity index (χ0v) is 13.1. The van der Waals surface area contributed by atoms with Gasteiger partial charge in [-0.05, 0) is 30.2 Å². The number of ether oxygens (including phenoxy) is 2. The van der Waals surface area contributed by atoms with Crippen molar-refractivity contribution in [3.63, 3.8) is 0 Å². The molecule has 0 saturated carbocycles. The van der Waals surface area contributed by atoms with Crippen molar-refractivity contribution in [3.05, 3.63) is 54.1 Å². The van der Waals surface area contributed by atoms with Crippen LogP contribution in [0.4, 0.5) is 10.5 Å². The van der Waals surface area contributed by atoms with Crippen LogP contribution in [-0.4, -0.2) is 32.8 Å². The molecule has 5 nitrogen and oxygen atoms in total. The van der Waals surface area contributed by atoms with Gasteiger partial charge in [-0.25, -0.2) is 4.79 Å². The minimum absolute atomic E-state index is 0.0795. The molecule has 2 amide bonds. The van der Waals surface area contributed by atoms with Gasteiger partial charge in [0.2, 0.25) is 0 Å². The van der Waals surface area contributed by atoms with Crippen LogP contribution < -0.4 is 19.7 Å². The second-order valence-corrected chi connectivity index (χ2v) is 5.29. The van der Waals surface area contributed by atoms with Crippen LogP contribution in [0.25, 0.3) is 0 Å². The smallest absolute Gasteiger partial charge is 0.322 e. The summed E-state index contributed by atoms with van der Waals surface area (Å²) in [7, 11) is 1.62. The Morgan fingerprint density at radius 3 is 2.87 bits per heavy atom. The van der Waals surface area contributed by atoms with Crippen LogP contribution in [0.5, 0.6) is 11.5 Å². The van der Waals surface area contributed by atoms with E-state index in [0.29, 0.717) is 13.2 Å². The molecule has 0 aliphatic carbocycles. The molecule has 0 fully saturated rings. The average Bonchev–Trinajstić information content (AvgIpc) is 3.03. The van der Waals surface area contributed by atoms with E-state index in [4.69, 9.17) is 9.47 Å². The first kappa shape index (κ1) is 15.2. The van der Waals surface area contributed by atoms with Crippen molar-refractivity contribution in [1.82, 2.24) is 5.32 Å². The summed E-state index contributed by atoms with van der Waals surface area (Å²) in [5.74, 6) is 1.48. The number of para-hydroxylation sites is 1. The molecule has 2 aromatic rings. The van der Waals surface area contributed by atoms with Crippen LogP contribution in [0.1, 0.15) is 5.56 Å². The zero-order valence-electron chi connectivity index (χ0n) is 13.1. The van der Waals surface area contributed by atoms with E-state index in [-0.39, 0.29) is 6.03 Å². The van der Waals surface area contributed by atoms with Crippen LogP contribution >= 0.6 is 0 Å². The Morgan fingerprint density at radius 1 is 1.17 bits per heavy atom. The van der Waals surface area contributed by atoms with Gasteiger partial charge in [-0.3, -0.25) is 4.90 Å². The molecule has 1 heterocycles. The van der Waals surface area contributed by atoms with E-state index in [1.165, 1.54) is 5.56 Å². The summed E-state index contributed by atoms with van der Waals surface area (Å²) >= 11 is 0. The van der Waals surface area contributed by atoms with E-state index in [9.17, 15) is 4.79 Å². The molecule has 23 heavy (non-hydrogen) atoms. The van der Waals surface area contributed by atoms with Crippen LogP contribution in [0.3, 0.4) is 0 Å². The molecule has 0 saturated heterocycles. The van der Waals surface area contributed by atoms with E-state index in [1.807, 2.05) is 42.5 Å². The Kier molecular flexibility index (Phi) is 4.66. The summed E-state index contributed by atoms with van der Waals surface area (Å²) in [6.07, 6.45) is 0.907. The van der Waals surface area contributed by atoms with Gasteiger partial charge in [0.15, 0.2) is 0 Å². The number of nitrogens with zero attached hydrogens (tertiary/aromatic N) is 1. The van der Waals surface area contributed by atoms with E-state index in [0.717, 1.165) is 30.2 Å². The standard InChI is InChI=1S/C18H20N2O3/c1-22-15-6-4-7-16(13-15)23-12-10-19-18(21)20-11-9-14-5-2-3-8-17(14)20/h2-8,13H,9-12H2,1H3,(H,19,21). The van der Waals surface area contributed by atoms with Crippen molar-refractivity contribution >= 4 is 11.7 Å². The molecule has 0 aromatic heterocycles. The van der Waals surface area contributed by atoms with Crippen LogP contribution in [0.15, 0.2) is 48.5 Å². The molecule has 0 atom stereocenters. The number of rotatable bonds is 5. The van der Waals surface area contributed by atoms with Crippen molar-refractivity contribution in [2.24, 2.45) is 0 Å². The fraction of sp³-hybridized carbons (Fsp3) is 0.278. The number of anilines is 1. The lowest BCUT2D eigenvalue weighted by Crippen LogP contribution is -2.40. The fourth-order valence-corrected chi connectivity index (χ4v) is 2.66. The van der Waals surface area contributed by atoms with Gasteiger partial charge in [0.1, 0.15) is 18.1 Å². The van der Waals surface area contributed by atoms with Crippen molar-refractivity contribution in [1.29, 1.82) is 0 Å². The minimum atomic E-state index is -0.0795. The zero-order chi connectivity index (χ0) is 16.1. The first-order valence-corrected chi connectivity index (χ1v) is 7.68. The Morgan fingerprint density at radius 2 is 2.00 bits per heavy atom. The quantitative estimate of drug-likeness (QED) is 0.864. The maximum atomic E-state index is 12.3. The highest BCUT2D eigenvalue weighted by molar-refractivity contribution is 5.94. The second-order valence-electron chi connectivity index (χ2n) is 5.29. The lowest BCUT2D eigenvalue weighted by Gasteiger charge is -2.18. The van der Waals surface area contributed by atoms with E-state index in [1.54, 1.807) is 12.0 Å². The van der Waals surface area contributed by atoms with E-state index >= 15 is 0 Å². The van der Waals surface area contributed by atoms with Crippen molar-refractivity contribution in [2.75, 3.05) is 31.7 Å². The maximum absolute atomic E-state index is 12.3. The molecule has 0 unspecified atom stereocenters. The Balaban J connectivity index is 1.47. The molecular formula is C18H20N2O3. The first-order valence-electron chi connectivity index (χ1n) is 7.68. The van der Waals surface area contributed by atoms with Crippen molar-refractivity contribution in [2.45, 2.75) is 6.42 Å². The monoisotopic (exact) mass is 312 g/mol. The topological polar surface area (TPSA) is 50.8 Å². The van der Waals surface area contributed by atoms with Gasteiger partial charge in [-0.1, -0.05) is 24.3 Å². The second kappa shape index (κ2) is 7.05. The number of fused-ring (bicyclic) bond motifs is 1. The molecule has 0 radical (unpaired) electrons. The molecule has 1 N–H and O–H groups in total. The van der Waals surface area contributed by atoms with Crippen LogP contribution in [0.2, 0.25) is 0 Å². The summed E-state index contributed by atoms with van der Waals surface area (Å²) in [6, 6.07) is 15.3. The van der Waals surface area contributed by atoms with Gasteiger partial charge in [0, 0.05) is 18.3 Å². The first-order chi connectivity index (χ1) is 11.3. The maximum Gasteiger partial charge on any atom is 0.322 e. The number of nitrogens with one attached hydrogen (secondary N) is 1. The molecule has 2 aromatic carbocycles. The minimum Gasteiger partial charge on any atom is -0.497 e. The SMILES string of the molecule is COc1cccc(OCCNC(=O)N2CCc3ccccc32)c1. The third-order valence-corrected chi connectivity index (χ3v) is 3.82. The van der Waals surface area contributed by atoms with Gasteiger partial charge in [0.25, 0.3) is 0 Å². The Hall–Kier alpha value is -2.69. The third kappa shape index (κ3) is 3.56. The predicted octanol–water partition coefficient (Wildman–Crippen LogP) is 2.85. The molecule has 1 aliphatic rings. The number of hydrogen-bond acceptors (Lipinski definition) is 3. The van der Waals surface area contributed by atoms with Gasteiger partial charge < -0.3 is 14.8 Å². The van der Waals surface area contributed by atoms with Crippen LogP contribution in [0, 0.1) is 0 Å². The summed E-state index contributed by atoms with van der Waals surface area (Å²) < 4.78 is 10.8. The molecule has 1 aliphatic heterocycles. The summed E-state index contributed by atoms with van der Waals surface area (Å²) in [6.45, 7) is 1.59. The molecule has 3 rings (SSSR count). The van der Waals surface area contributed by atoms with Gasteiger partial charge >= 0.3 is 6.03 Å². The Labute approximate surface area is 135 Å². The number of methoxy groups -OCH3 is 1. The molecule has 120 valence electrons. The summed E-state index contributed by atoms with van der Waals surface area (Å²) in [5, 5.41) is 2.90. The molecule has 0 spiro atoms. The van der Waals surface area contributed by atoms with Crippen LogP contribution in [-0.2, 0) is 6.42 Å². The average molecular weight is 312 g/mol. The van der Waals surface area contributed by atoms with Crippen molar-refractivity contribution in [3.8, 4) is 11.5 Å². The Bertz CT molecular complexity index is 687. The van der Waals surface area contributed by atoms with E-state index in [2.05, 4.69) is 11.4 Å². The van der Waals surface area contributed by atoms with Crippen molar-refractivity contribution < 1.29 is 14.3 Å². The van der Waals surface area contributed by atoms with Gasteiger partial charge in [-0.15, -0.1) is 0 Å². The molecular weight excluding hydrogens is 292 g/mol. The number of hydrogen-bond donors (Lipinski definition) is 1. The lowest BCUT2D eigenvalue weighted by atomic mass is 10.2. The third-order valence-electron chi connectivity index (χ3n) is 3.82. The summed E-state index contributed by atoms with van der Waals surface area (Å²) in [4.78, 5) is 14.0. The lowest BCUT2D eigenvalue weighted by molar-refractivity contribution is 0.242. The number of carbonyl (C=O) groups is 1. The normalized spacial score (nSPS) is 12.7. The largest absolute Gasteiger partial charge is 0.497 e. The van der Waals surface area contributed by atoms with E-state index < -0.39 is 0 Å². The summed E-state index contributed by atoms with van der Waals surface area (Å²) in [5.41, 5.74) is 2.22. The number of amides is 2. The van der Waals surface area contributed by atoms with Gasteiger partial charge in [-0.2, -0.15) is 0 Å². The predicted molar refractivity (Wildman–Crippen MR) is 89.4 cm³/mol. The number of benzene rings is 2.